The normalized spacial score (nSPS) is 14.9. The summed E-state index contributed by atoms with van der Waals surface area (Å²) in [6, 6.07) is 4.43. The number of carbonyl (C=O) groups is 1. The Morgan fingerprint density at radius 1 is 1.17 bits per heavy atom. The number of oxime groups is 1. The van der Waals surface area contributed by atoms with Crippen molar-refractivity contribution in [2.75, 3.05) is 0 Å². The minimum atomic E-state index is -4.30. The topological polar surface area (TPSA) is 116 Å². The molecule has 9 heteroatoms. The minimum Gasteiger partial charge on any atom is -0.289 e. The lowest BCUT2D eigenvalue weighted by Gasteiger charge is -2.08. The van der Waals surface area contributed by atoms with E-state index in [1.54, 1.807) is 13.8 Å². The van der Waals surface area contributed by atoms with Crippen molar-refractivity contribution in [2.24, 2.45) is 5.16 Å². The molecule has 0 aliphatic heterocycles. The third kappa shape index (κ3) is 3.69. The molecule has 1 aliphatic carbocycles. The zero-order valence-electron chi connectivity index (χ0n) is 12.2. The number of Topliss-reactive ketones (excluding diaryl/α,β-unsaturated/α-hetero) is 1. The van der Waals surface area contributed by atoms with Gasteiger partial charge in [0.1, 0.15) is 10.6 Å². The monoisotopic (exact) mass is 336 g/mol. The molecule has 2 rings (SSSR count). The van der Waals surface area contributed by atoms with Gasteiger partial charge in [0.05, 0.1) is 4.92 Å². The molecule has 120 valence electrons. The molecule has 0 atom stereocenters. The fourth-order valence-electron chi connectivity index (χ4n) is 1.87. The maximum absolute atomic E-state index is 12.0. The van der Waals surface area contributed by atoms with Gasteiger partial charge in [-0.1, -0.05) is 11.2 Å². The van der Waals surface area contributed by atoms with E-state index in [9.17, 15) is 23.3 Å². The standard InChI is InChI=1S/C14H12N2O6S/c1-9-6-11(7-10(2)14(9)17)15-22-23(20,21)13-5-3-4-12(8-13)16(18)19/h3-8H,1-2H3. The van der Waals surface area contributed by atoms with Crippen LogP contribution >= 0.6 is 0 Å². The smallest absolute Gasteiger partial charge is 0.289 e. The summed E-state index contributed by atoms with van der Waals surface area (Å²) in [6.45, 7) is 3.15. The van der Waals surface area contributed by atoms with Gasteiger partial charge in [0, 0.05) is 12.1 Å². The average molecular weight is 336 g/mol. The molecule has 0 spiro atoms. The van der Waals surface area contributed by atoms with Crippen LogP contribution in [-0.4, -0.2) is 24.8 Å². The van der Waals surface area contributed by atoms with Gasteiger partial charge in [0.2, 0.25) is 0 Å². The number of nitro benzene ring substituents is 1. The maximum atomic E-state index is 12.0. The first-order valence-corrected chi connectivity index (χ1v) is 7.79. The molecule has 1 aromatic carbocycles. The molecule has 1 aliphatic rings. The largest absolute Gasteiger partial charge is 0.358 e. The van der Waals surface area contributed by atoms with Crippen LogP contribution in [0.1, 0.15) is 13.8 Å². The summed E-state index contributed by atoms with van der Waals surface area (Å²) in [5, 5.41) is 14.2. The van der Waals surface area contributed by atoms with E-state index in [1.165, 1.54) is 18.2 Å². The Kier molecular flexibility index (Phi) is 4.41. The molecule has 0 saturated heterocycles. The maximum Gasteiger partial charge on any atom is 0.358 e. The van der Waals surface area contributed by atoms with Crippen LogP contribution in [0.3, 0.4) is 0 Å². The highest BCUT2D eigenvalue weighted by Crippen LogP contribution is 2.20. The van der Waals surface area contributed by atoms with Crippen molar-refractivity contribution in [3.05, 3.63) is 57.7 Å². The third-order valence-electron chi connectivity index (χ3n) is 3.00. The molecule has 0 radical (unpaired) electrons. The summed E-state index contributed by atoms with van der Waals surface area (Å²) >= 11 is 0. The Morgan fingerprint density at radius 3 is 2.35 bits per heavy atom. The van der Waals surface area contributed by atoms with Gasteiger partial charge in [0.15, 0.2) is 5.78 Å². The second kappa shape index (κ2) is 6.13. The van der Waals surface area contributed by atoms with Gasteiger partial charge < -0.3 is 0 Å². The number of ketones is 1. The minimum absolute atomic E-state index is 0.161. The van der Waals surface area contributed by atoms with E-state index in [0.29, 0.717) is 11.1 Å². The van der Waals surface area contributed by atoms with Gasteiger partial charge in [-0.2, -0.15) is 8.42 Å². The van der Waals surface area contributed by atoms with E-state index < -0.39 is 15.0 Å². The van der Waals surface area contributed by atoms with Crippen molar-refractivity contribution in [1.29, 1.82) is 0 Å². The number of carbonyl (C=O) groups excluding carboxylic acids is 1. The number of non-ortho nitro benzene ring substituents is 1. The fraction of sp³-hybridized carbons (Fsp3) is 0.143. The predicted molar refractivity (Wildman–Crippen MR) is 81.3 cm³/mol. The van der Waals surface area contributed by atoms with E-state index in [4.69, 9.17) is 0 Å². The number of rotatable bonds is 4. The number of hydrogen-bond acceptors (Lipinski definition) is 7. The van der Waals surface area contributed by atoms with Crippen LogP contribution in [0.2, 0.25) is 0 Å². The van der Waals surface area contributed by atoms with Crippen LogP contribution in [0, 0.1) is 10.1 Å². The lowest BCUT2D eigenvalue weighted by Crippen LogP contribution is -2.12. The molecule has 0 heterocycles. The van der Waals surface area contributed by atoms with Crippen LogP contribution in [0.25, 0.3) is 0 Å². The molecule has 0 amide bonds. The highest BCUT2D eigenvalue weighted by molar-refractivity contribution is 7.86. The number of nitro groups is 1. The molecule has 23 heavy (non-hydrogen) atoms. The van der Waals surface area contributed by atoms with Crippen LogP contribution in [-0.2, 0) is 19.2 Å². The van der Waals surface area contributed by atoms with Crippen molar-refractivity contribution in [3.63, 3.8) is 0 Å². The first-order valence-electron chi connectivity index (χ1n) is 6.38. The van der Waals surface area contributed by atoms with Crippen molar-refractivity contribution in [3.8, 4) is 0 Å². The van der Waals surface area contributed by atoms with Gasteiger partial charge in [-0.05, 0) is 43.2 Å². The van der Waals surface area contributed by atoms with Crippen molar-refractivity contribution in [2.45, 2.75) is 18.7 Å². The Hall–Kier alpha value is -2.81. The summed E-state index contributed by atoms with van der Waals surface area (Å²) in [7, 11) is -4.30. The van der Waals surface area contributed by atoms with Gasteiger partial charge in [-0.3, -0.25) is 19.2 Å². The quantitative estimate of drug-likeness (QED) is 0.472. The molecule has 1 aromatic rings. The number of nitrogens with zero attached hydrogens (tertiary/aromatic N) is 2. The summed E-state index contributed by atoms with van der Waals surface area (Å²) in [6.07, 6.45) is 2.77. The first-order chi connectivity index (χ1) is 10.7. The second-order valence-electron chi connectivity index (χ2n) is 4.78. The van der Waals surface area contributed by atoms with Gasteiger partial charge in [0.25, 0.3) is 5.69 Å². The molecule has 0 unspecified atom stereocenters. The molecular weight excluding hydrogens is 324 g/mol. The highest BCUT2D eigenvalue weighted by Gasteiger charge is 2.20. The van der Waals surface area contributed by atoms with Crippen molar-refractivity contribution in [1.82, 2.24) is 0 Å². The lowest BCUT2D eigenvalue weighted by molar-refractivity contribution is -0.385. The molecule has 0 bridgehead atoms. The lowest BCUT2D eigenvalue weighted by atomic mass is 9.98. The zero-order valence-corrected chi connectivity index (χ0v) is 13.0. The summed E-state index contributed by atoms with van der Waals surface area (Å²) < 4.78 is 28.6. The molecule has 0 saturated carbocycles. The fourth-order valence-corrected chi connectivity index (χ4v) is 2.65. The van der Waals surface area contributed by atoms with E-state index in [0.717, 1.165) is 18.2 Å². The Balaban J connectivity index is 2.29. The number of hydrogen-bond donors (Lipinski definition) is 0. The molecule has 0 N–H and O–H groups in total. The predicted octanol–water partition coefficient (Wildman–Crippen LogP) is 2.13. The molecular formula is C14H12N2O6S. The summed E-state index contributed by atoms with van der Waals surface area (Å²) in [5.74, 6) is -0.162. The van der Waals surface area contributed by atoms with E-state index in [-0.39, 0.29) is 22.1 Å². The van der Waals surface area contributed by atoms with Crippen LogP contribution in [0.4, 0.5) is 5.69 Å². The number of benzene rings is 1. The Labute approximate surface area is 132 Å². The second-order valence-corrected chi connectivity index (χ2v) is 6.31. The van der Waals surface area contributed by atoms with Crippen molar-refractivity contribution >= 4 is 27.3 Å². The van der Waals surface area contributed by atoms with Crippen molar-refractivity contribution < 1.29 is 22.4 Å². The van der Waals surface area contributed by atoms with Gasteiger partial charge >= 0.3 is 10.1 Å². The Bertz CT molecular complexity index is 856. The zero-order chi connectivity index (χ0) is 17.2. The third-order valence-corrected chi connectivity index (χ3v) is 4.11. The molecule has 8 nitrogen and oxygen atoms in total. The summed E-state index contributed by atoms with van der Waals surface area (Å²) in [4.78, 5) is 21.2. The molecule has 0 fully saturated rings. The first kappa shape index (κ1) is 16.6. The summed E-state index contributed by atoms with van der Waals surface area (Å²) in [5.41, 5.74) is 0.589. The van der Waals surface area contributed by atoms with Gasteiger partial charge in [-0.25, -0.2) is 0 Å². The Morgan fingerprint density at radius 2 is 1.78 bits per heavy atom. The van der Waals surface area contributed by atoms with Crippen LogP contribution in [0.5, 0.6) is 0 Å². The SMILES string of the molecule is CC1=CC(=NOS(=O)(=O)c2cccc([N+](=O)[O-])c2)C=C(C)C1=O. The van der Waals surface area contributed by atoms with Crippen LogP contribution < -0.4 is 0 Å². The van der Waals surface area contributed by atoms with Crippen LogP contribution in [0.15, 0.2) is 57.6 Å². The molecule has 0 aromatic heterocycles. The average Bonchev–Trinajstić information content (AvgIpc) is 2.50. The highest BCUT2D eigenvalue weighted by atomic mass is 32.2. The van der Waals surface area contributed by atoms with Gasteiger partial charge in [-0.15, -0.1) is 0 Å². The van der Waals surface area contributed by atoms with E-state index in [1.807, 2.05) is 0 Å². The van der Waals surface area contributed by atoms with E-state index in [2.05, 4.69) is 9.44 Å². The van der Waals surface area contributed by atoms with E-state index >= 15 is 0 Å². The number of allylic oxidation sites excluding steroid dienone is 4.